The summed E-state index contributed by atoms with van der Waals surface area (Å²) >= 11 is 1.38. The number of aryl methyl sites for hydroxylation is 1. The second-order valence-electron chi connectivity index (χ2n) is 5.00. The minimum absolute atomic E-state index is 0.140. The topological polar surface area (TPSA) is 54.1 Å². The van der Waals surface area contributed by atoms with Crippen LogP contribution in [0.4, 0.5) is 5.69 Å². The van der Waals surface area contributed by atoms with Gasteiger partial charge in [-0.3, -0.25) is 4.79 Å². The molecule has 0 atom stereocenters. The first-order valence-electron chi connectivity index (χ1n) is 7.16. The molecule has 2 aromatic carbocycles. The van der Waals surface area contributed by atoms with E-state index in [1.54, 1.807) is 18.3 Å². The van der Waals surface area contributed by atoms with Gasteiger partial charge in [0.25, 0.3) is 5.56 Å². The smallest absolute Gasteiger partial charge is 0.272 e. The zero-order chi connectivity index (χ0) is 16.1. The lowest BCUT2D eigenvalue weighted by atomic mass is 10.2. The SMILES string of the molecule is Cc1ccc(Oc2ccc(SNc3ccc[nH]c3=O)cc2)cc1. The second kappa shape index (κ2) is 7.07. The molecule has 0 fully saturated rings. The van der Waals surface area contributed by atoms with E-state index in [9.17, 15) is 4.79 Å². The fourth-order valence-corrected chi connectivity index (χ4v) is 2.59. The van der Waals surface area contributed by atoms with Crippen LogP contribution in [0, 0.1) is 6.92 Å². The molecule has 0 aliphatic carbocycles. The molecule has 0 saturated heterocycles. The number of nitrogens with one attached hydrogen (secondary N) is 2. The number of rotatable bonds is 5. The van der Waals surface area contributed by atoms with Gasteiger partial charge in [0.1, 0.15) is 17.2 Å². The Morgan fingerprint density at radius 2 is 1.61 bits per heavy atom. The van der Waals surface area contributed by atoms with Gasteiger partial charge >= 0.3 is 0 Å². The molecule has 0 unspecified atom stereocenters. The van der Waals surface area contributed by atoms with Gasteiger partial charge in [0.2, 0.25) is 0 Å². The zero-order valence-electron chi connectivity index (χ0n) is 12.6. The molecule has 23 heavy (non-hydrogen) atoms. The average Bonchev–Trinajstić information content (AvgIpc) is 2.58. The van der Waals surface area contributed by atoms with Gasteiger partial charge in [0, 0.05) is 11.1 Å². The fraction of sp³-hybridized carbons (Fsp3) is 0.0556. The van der Waals surface area contributed by atoms with E-state index in [0.29, 0.717) is 5.69 Å². The van der Waals surface area contributed by atoms with Crippen LogP contribution in [0.3, 0.4) is 0 Å². The summed E-state index contributed by atoms with van der Waals surface area (Å²) < 4.78 is 8.82. The number of H-pyrrole nitrogens is 1. The van der Waals surface area contributed by atoms with Gasteiger partial charge in [-0.15, -0.1) is 0 Å². The standard InChI is InChI=1S/C18H16N2O2S/c1-13-4-6-14(7-5-13)22-15-8-10-16(11-9-15)23-20-17-3-2-12-19-18(17)21/h2-12,20H,1H3,(H,19,21). The summed E-state index contributed by atoms with van der Waals surface area (Å²) in [5, 5.41) is 0. The first kappa shape index (κ1) is 15.2. The third kappa shape index (κ3) is 4.17. The van der Waals surface area contributed by atoms with Crippen molar-refractivity contribution in [2.45, 2.75) is 11.8 Å². The fourth-order valence-electron chi connectivity index (χ4n) is 1.93. The zero-order valence-corrected chi connectivity index (χ0v) is 13.4. The largest absolute Gasteiger partial charge is 0.457 e. The lowest BCUT2D eigenvalue weighted by Crippen LogP contribution is -2.08. The minimum Gasteiger partial charge on any atom is -0.457 e. The summed E-state index contributed by atoms with van der Waals surface area (Å²) in [6, 6.07) is 19.1. The number of anilines is 1. The Hall–Kier alpha value is -2.66. The molecule has 0 amide bonds. The molecule has 116 valence electrons. The molecular formula is C18H16N2O2S. The van der Waals surface area contributed by atoms with Crippen LogP contribution >= 0.6 is 11.9 Å². The van der Waals surface area contributed by atoms with Crippen molar-refractivity contribution in [2.24, 2.45) is 0 Å². The van der Waals surface area contributed by atoms with E-state index in [4.69, 9.17) is 4.74 Å². The summed E-state index contributed by atoms with van der Waals surface area (Å²) in [7, 11) is 0. The molecule has 0 bridgehead atoms. The Bertz CT molecular complexity index is 827. The Morgan fingerprint density at radius 1 is 0.957 bits per heavy atom. The van der Waals surface area contributed by atoms with Crippen LogP contribution in [-0.4, -0.2) is 4.98 Å². The highest BCUT2D eigenvalue weighted by atomic mass is 32.2. The molecular weight excluding hydrogens is 308 g/mol. The van der Waals surface area contributed by atoms with E-state index < -0.39 is 0 Å². The van der Waals surface area contributed by atoms with Crippen LogP contribution in [0.25, 0.3) is 0 Å². The summed E-state index contributed by atoms with van der Waals surface area (Å²) in [6.45, 7) is 2.04. The van der Waals surface area contributed by atoms with Crippen molar-refractivity contribution >= 4 is 17.6 Å². The number of pyridine rings is 1. The molecule has 3 rings (SSSR count). The Labute approximate surface area is 138 Å². The molecule has 5 heteroatoms. The predicted octanol–water partition coefficient (Wildman–Crippen LogP) is 4.59. The summed E-state index contributed by atoms with van der Waals surface area (Å²) in [5.74, 6) is 1.58. The van der Waals surface area contributed by atoms with Crippen LogP contribution in [0.2, 0.25) is 0 Å². The third-order valence-electron chi connectivity index (χ3n) is 3.18. The highest BCUT2D eigenvalue weighted by Crippen LogP contribution is 2.25. The summed E-state index contributed by atoms with van der Waals surface area (Å²) in [5.41, 5.74) is 1.59. The van der Waals surface area contributed by atoms with Crippen molar-refractivity contribution < 1.29 is 4.74 Å². The highest BCUT2D eigenvalue weighted by Gasteiger charge is 2.01. The van der Waals surface area contributed by atoms with E-state index in [-0.39, 0.29) is 5.56 Å². The number of hydrogen-bond donors (Lipinski definition) is 2. The second-order valence-corrected chi connectivity index (χ2v) is 5.88. The van der Waals surface area contributed by atoms with Gasteiger partial charge < -0.3 is 14.4 Å². The van der Waals surface area contributed by atoms with Crippen molar-refractivity contribution in [2.75, 3.05) is 4.72 Å². The van der Waals surface area contributed by atoms with Gasteiger partial charge in [-0.25, -0.2) is 0 Å². The summed E-state index contributed by atoms with van der Waals surface area (Å²) in [6.07, 6.45) is 1.61. The molecule has 0 saturated carbocycles. The van der Waals surface area contributed by atoms with Gasteiger partial charge in [0.15, 0.2) is 0 Å². The first-order chi connectivity index (χ1) is 11.2. The van der Waals surface area contributed by atoms with Crippen molar-refractivity contribution in [1.29, 1.82) is 0 Å². The molecule has 4 nitrogen and oxygen atoms in total. The molecule has 0 radical (unpaired) electrons. The number of benzene rings is 2. The third-order valence-corrected chi connectivity index (χ3v) is 4.01. The number of aromatic nitrogens is 1. The lowest BCUT2D eigenvalue weighted by molar-refractivity contribution is 0.482. The number of hydrogen-bond acceptors (Lipinski definition) is 4. The molecule has 0 aliphatic rings. The van der Waals surface area contributed by atoms with E-state index in [2.05, 4.69) is 9.71 Å². The van der Waals surface area contributed by atoms with Crippen LogP contribution in [0.5, 0.6) is 11.5 Å². The van der Waals surface area contributed by atoms with Crippen molar-refractivity contribution in [1.82, 2.24) is 4.98 Å². The molecule has 1 heterocycles. The van der Waals surface area contributed by atoms with Crippen LogP contribution in [0.15, 0.2) is 76.6 Å². The van der Waals surface area contributed by atoms with Crippen molar-refractivity contribution in [3.8, 4) is 11.5 Å². The quantitative estimate of drug-likeness (QED) is 0.674. The van der Waals surface area contributed by atoms with E-state index >= 15 is 0 Å². The maximum Gasteiger partial charge on any atom is 0.272 e. The maximum atomic E-state index is 11.6. The molecule has 0 spiro atoms. The van der Waals surface area contributed by atoms with Crippen molar-refractivity contribution in [3.05, 3.63) is 82.8 Å². The lowest BCUT2D eigenvalue weighted by Gasteiger charge is -2.07. The normalized spacial score (nSPS) is 10.3. The predicted molar refractivity (Wildman–Crippen MR) is 94.2 cm³/mol. The van der Waals surface area contributed by atoms with E-state index in [1.165, 1.54) is 17.5 Å². The monoisotopic (exact) mass is 324 g/mol. The van der Waals surface area contributed by atoms with Crippen LogP contribution in [-0.2, 0) is 0 Å². The Morgan fingerprint density at radius 3 is 2.26 bits per heavy atom. The summed E-state index contributed by atoms with van der Waals surface area (Å²) in [4.78, 5) is 15.2. The van der Waals surface area contributed by atoms with Crippen LogP contribution < -0.4 is 15.0 Å². The minimum atomic E-state index is -0.140. The van der Waals surface area contributed by atoms with E-state index in [1.807, 2.05) is 55.5 Å². The number of aromatic amines is 1. The first-order valence-corrected chi connectivity index (χ1v) is 7.97. The Kier molecular flexibility index (Phi) is 4.68. The van der Waals surface area contributed by atoms with Crippen molar-refractivity contribution in [3.63, 3.8) is 0 Å². The van der Waals surface area contributed by atoms with Crippen LogP contribution in [0.1, 0.15) is 5.56 Å². The average molecular weight is 324 g/mol. The molecule has 1 aromatic heterocycles. The van der Waals surface area contributed by atoms with E-state index in [0.717, 1.165) is 16.4 Å². The Balaban J connectivity index is 1.62. The van der Waals surface area contributed by atoms with Gasteiger partial charge in [-0.1, -0.05) is 17.7 Å². The highest BCUT2D eigenvalue weighted by molar-refractivity contribution is 8.00. The molecule has 2 N–H and O–H groups in total. The molecule has 0 aliphatic heterocycles. The van der Waals surface area contributed by atoms with Gasteiger partial charge in [-0.2, -0.15) is 0 Å². The maximum absolute atomic E-state index is 11.6. The van der Waals surface area contributed by atoms with Gasteiger partial charge in [-0.05, 0) is 67.4 Å². The van der Waals surface area contributed by atoms with Gasteiger partial charge in [0.05, 0.1) is 0 Å². The number of ether oxygens (including phenoxy) is 1. The molecule has 3 aromatic rings.